The highest BCUT2D eigenvalue weighted by Crippen LogP contribution is 2.27. The number of hydrogen-bond acceptors (Lipinski definition) is 2. The molecule has 1 aromatic carbocycles. The number of carbonyl (C=O) groups is 1. The van der Waals surface area contributed by atoms with E-state index >= 15 is 0 Å². The summed E-state index contributed by atoms with van der Waals surface area (Å²) >= 11 is 1.59. The van der Waals surface area contributed by atoms with Crippen LogP contribution in [-0.2, 0) is 7.05 Å². The zero-order valence-corrected chi connectivity index (χ0v) is 11.7. The maximum absolute atomic E-state index is 11.4. The number of nitrogens with zero attached hydrogens (tertiary/aromatic N) is 2. The van der Waals surface area contributed by atoms with E-state index in [4.69, 9.17) is 0 Å². The van der Waals surface area contributed by atoms with Crippen LogP contribution in [0.5, 0.6) is 0 Å². The standard InChI is InChI=1S/C15H12N2O2S/c1-16-13(15(18)19)10-12(14-8-5-9-20-14)17(16)11-6-3-2-4-7-11/h2-10H,1H3/p+1. The molecule has 0 amide bonds. The molecule has 5 heteroatoms. The van der Waals surface area contributed by atoms with Crippen molar-refractivity contribution in [3.05, 3.63) is 59.6 Å². The lowest BCUT2D eigenvalue weighted by Crippen LogP contribution is -2.43. The Labute approximate surface area is 120 Å². The quantitative estimate of drug-likeness (QED) is 0.752. The van der Waals surface area contributed by atoms with Gasteiger partial charge in [-0.25, -0.2) is 4.79 Å². The fourth-order valence-electron chi connectivity index (χ4n) is 2.23. The van der Waals surface area contributed by atoms with E-state index in [9.17, 15) is 9.90 Å². The number of benzene rings is 1. The molecule has 2 aromatic heterocycles. The van der Waals surface area contributed by atoms with Crippen LogP contribution in [0.2, 0.25) is 0 Å². The van der Waals surface area contributed by atoms with Crippen molar-refractivity contribution in [3.8, 4) is 16.3 Å². The van der Waals surface area contributed by atoms with Crippen molar-refractivity contribution in [2.45, 2.75) is 0 Å². The van der Waals surface area contributed by atoms with E-state index in [1.54, 1.807) is 29.1 Å². The first-order valence-corrected chi connectivity index (χ1v) is 7.01. The van der Waals surface area contributed by atoms with Gasteiger partial charge in [0.2, 0.25) is 0 Å². The monoisotopic (exact) mass is 285 g/mol. The summed E-state index contributed by atoms with van der Waals surface area (Å²) in [4.78, 5) is 12.4. The normalized spacial score (nSPS) is 10.7. The molecule has 2 heterocycles. The third-order valence-electron chi connectivity index (χ3n) is 3.14. The smallest absolute Gasteiger partial charge is 0.403 e. The van der Waals surface area contributed by atoms with Crippen LogP contribution in [0.4, 0.5) is 0 Å². The van der Waals surface area contributed by atoms with Crippen LogP contribution in [0.1, 0.15) is 10.5 Å². The van der Waals surface area contributed by atoms with Crippen molar-refractivity contribution >= 4 is 17.3 Å². The lowest BCUT2D eigenvalue weighted by Gasteiger charge is -2.04. The number of para-hydroxylation sites is 1. The number of aromatic nitrogens is 2. The van der Waals surface area contributed by atoms with Gasteiger partial charge in [0.05, 0.1) is 10.9 Å². The highest BCUT2D eigenvalue weighted by atomic mass is 32.1. The lowest BCUT2D eigenvalue weighted by atomic mass is 10.3. The van der Waals surface area contributed by atoms with Gasteiger partial charge in [0, 0.05) is 0 Å². The molecule has 0 aliphatic rings. The second kappa shape index (κ2) is 4.94. The van der Waals surface area contributed by atoms with Gasteiger partial charge >= 0.3 is 11.7 Å². The molecule has 0 fully saturated rings. The predicted octanol–water partition coefficient (Wildman–Crippen LogP) is 2.73. The van der Waals surface area contributed by atoms with Crippen LogP contribution in [0, 0.1) is 0 Å². The van der Waals surface area contributed by atoms with Gasteiger partial charge in [-0.15, -0.1) is 16.0 Å². The third-order valence-corrected chi connectivity index (χ3v) is 4.04. The largest absolute Gasteiger partial charge is 0.473 e. The lowest BCUT2D eigenvalue weighted by molar-refractivity contribution is -0.745. The molecule has 3 aromatic rings. The van der Waals surface area contributed by atoms with Crippen molar-refractivity contribution in [2.24, 2.45) is 7.05 Å². The SMILES string of the molecule is C[n+]1c(C(=O)O)cc(-c2cccs2)n1-c1ccccc1. The zero-order valence-electron chi connectivity index (χ0n) is 10.9. The van der Waals surface area contributed by atoms with Gasteiger partial charge in [-0.2, -0.15) is 0 Å². The van der Waals surface area contributed by atoms with Crippen LogP contribution in [-0.4, -0.2) is 15.8 Å². The first-order chi connectivity index (χ1) is 9.68. The predicted molar refractivity (Wildman–Crippen MR) is 77.2 cm³/mol. The van der Waals surface area contributed by atoms with Crippen molar-refractivity contribution in [1.82, 2.24) is 4.68 Å². The summed E-state index contributed by atoms with van der Waals surface area (Å²) in [6, 6.07) is 15.4. The molecule has 0 aliphatic heterocycles. The molecule has 3 rings (SSSR count). The first-order valence-electron chi connectivity index (χ1n) is 6.13. The van der Waals surface area contributed by atoms with E-state index < -0.39 is 5.97 Å². The summed E-state index contributed by atoms with van der Waals surface area (Å²) in [6.07, 6.45) is 0. The maximum Gasteiger partial charge on any atom is 0.403 e. The van der Waals surface area contributed by atoms with E-state index in [0.29, 0.717) is 0 Å². The molecule has 0 unspecified atom stereocenters. The Balaban J connectivity index is 2.29. The number of rotatable bonds is 3. The summed E-state index contributed by atoms with van der Waals surface area (Å²) in [5, 5.41) is 11.3. The fraction of sp³-hybridized carbons (Fsp3) is 0.0667. The molecule has 0 atom stereocenters. The Morgan fingerprint density at radius 3 is 2.55 bits per heavy atom. The first kappa shape index (κ1) is 12.6. The minimum Gasteiger partial charge on any atom is -0.473 e. The van der Waals surface area contributed by atoms with Crippen molar-refractivity contribution < 1.29 is 14.6 Å². The Kier molecular flexibility index (Phi) is 3.12. The van der Waals surface area contributed by atoms with Gasteiger partial charge in [0.25, 0.3) is 0 Å². The number of carboxylic acids is 1. The molecular formula is C15H13N2O2S+. The fourth-order valence-corrected chi connectivity index (χ4v) is 2.96. The van der Waals surface area contributed by atoms with Crippen molar-refractivity contribution in [2.75, 3.05) is 0 Å². The van der Waals surface area contributed by atoms with E-state index in [0.717, 1.165) is 16.3 Å². The number of carboxylic acid groups (broad SMARTS) is 1. The summed E-state index contributed by atoms with van der Waals surface area (Å²) in [5.74, 6) is -0.931. The highest BCUT2D eigenvalue weighted by Gasteiger charge is 2.27. The maximum atomic E-state index is 11.4. The van der Waals surface area contributed by atoms with Crippen LogP contribution >= 0.6 is 11.3 Å². The van der Waals surface area contributed by atoms with Gasteiger partial charge in [-0.3, -0.25) is 0 Å². The number of hydrogen-bond donors (Lipinski definition) is 1. The number of thiophene rings is 1. The van der Waals surface area contributed by atoms with Gasteiger partial charge in [-0.1, -0.05) is 28.9 Å². The molecule has 0 bridgehead atoms. The Bertz CT molecular complexity index is 746. The Hall–Kier alpha value is -2.40. The van der Waals surface area contributed by atoms with Gasteiger partial charge in [0.15, 0.2) is 7.05 Å². The van der Waals surface area contributed by atoms with E-state index in [1.165, 1.54) is 0 Å². The zero-order chi connectivity index (χ0) is 14.1. The molecule has 1 N–H and O–H groups in total. The average molecular weight is 285 g/mol. The molecule has 0 spiro atoms. The Morgan fingerprint density at radius 1 is 1.20 bits per heavy atom. The molecule has 4 nitrogen and oxygen atoms in total. The van der Waals surface area contributed by atoms with Crippen LogP contribution in [0.15, 0.2) is 53.9 Å². The van der Waals surface area contributed by atoms with Gasteiger partial charge in [0.1, 0.15) is 11.4 Å². The minimum absolute atomic E-state index is 0.261. The summed E-state index contributed by atoms with van der Waals surface area (Å²) < 4.78 is 3.57. The second-order valence-electron chi connectivity index (χ2n) is 4.37. The van der Waals surface area contributed by atoms with Crippen molar-refractivity contribution in [1.29, 1.82) is 0 Å². The molecule has 0 aliphatic carbocycles. The van der Waals surface area contributed by atoms with Crippen molar-refractivity contribution in [3.63, 3.8) is 0 Å². The molecule has 100 valence electrons. The Morgan fingerprint density at radius 2 is 1.95 bits per heavy atom. The third kappa shape index (κ3) is 2.02. The molecule has 0 radical (unpaired) electrons. The summed E-state index contributed by atoms with van der Waals surface area (Å²) in [6.45, 7) is 0. The number of aromatic carboxylic acids is 1. The topological polar surface area (TPSA) is 46.1 Å². The van der Waals surface area contributed by atoms with Gasteiger partial charge in [-0.05, 0) is 23.6 Å². The van der Waals surface area contributed by atoms with Crippen LogP contribution in [0.3, 0.4) is 0 Å². The van der Waals surface area contributed by atoms with Crippen LogP contribution in [0.25, 0.3) is 16.3 Å². The summed E-state index contributed by atoms with van der Waals surface area (Å²) in [7, 11) is 1.76. The van der Waals surface area contributed by atoms with Crippen LogP contribution < -0.4 is 4.68 Å². The molecule has 20 heavy (non-hydrogen) atoms. The average Bonchev–Trinajstić information content (AvgIpc) is 3.06. The molecular weight excluding hydrogens is 272 g/mol. The minimum atomic E-state index is -0.931. The molecule has 0 saturated heterocycles. The van der Waals surface area contributed by atoms with E-state index in [-0.39, 0.29) is 5.69 Å². The van der Waals surface area contributed by atoms with E-state index in [2.05, 4.69) is 0 Å². The molecule has 0 saturated carbocycles. The second-order valence-corrected chi connectivity index (χ2v) is 5.32. The highest BCUT2D eigenvalue weighted by molar-refractivity contribution is 7.13. The summed E-state index contributed by atoms with van der Waals surface area (Å²) in [5.41, 5.74) is 2.08. The van der Waals surface area contributed by atoms with Gasteiger partial charge < -0.3 is 5.11 Å². The van der Waals surface area contributed by atoms with E-state index in [1.807, 2.05) is 52.5 Å².